The Labute approximate surface area is 95.2 Å². The fourth-order valence-corrected chi connectivity index (χ4v) is 1.53. The van der Waals surface area contributed by atoms with E-state index in [0.29, 0.717) is 17.1 Å². The van der Waals surface area contributed by atoms with Gasteiger partial charge in [0.05, 0.1) is 11.4 Å². The summed E-state index contributed by atoms with van der Waals surface area (Å²) in [6.45, 7) is 4.17. The number of aliphatic hydroxyl groups excluding tert-OH is 1. The molecule has 0 aliphatic carbocycles. The monoisotopic (exact) mass is 228 g/mol. The van der Waals surface area contributed by atoms with Gasteiger partial charge in [0.25, 0.3) is 0 Å². The van der Waals surface area contributed by atoms with Crippen molar-refractivity contribution in [3.8, 4) is 0 Å². The lowest BCUT2D eigenvalue weighted by Gasteiger charge is -2.27. The Kier molecular flexibility index (Phi) is 3.83. The second kappa shape index (κ2) is 4.73. The first-order valence-corrected chi connectivity index (χ1v) is 5.26. The zero-order chi connectivity index (χ0) is 11.5. The van der Waals surface area contributed by atoms with Gasteiger partial charge in [0.1, 0.15) is 0 Å². The van der Waals surface area contributed by atoms with Gasteiger partial charge >= 0.3 is 0 Å². The zero-order valence-corrected chi connectivity index (χ0v) is 9.80. The molecule has 0 radical (unpaired) electrons. The van der Waals surface area contributed by atoms with E-state index in [1.54, 1.807) is 12.1 Å². The minimum atomic E-state index is -0.184. The molecular weight excluding hydrogens is 212 g/mol. The summed E-state index contributed by atoms with van der Waals surface area (Å²) in [5.41, 5.74) is 7.10. The van der Waals surface area contributed by atoms with E-state index in [1.165, 1.54) is 0 Å². The lowest BCUT2D eigenvalue weighted by Crippen LogP contribution is -2.32. The number of anilines is 2. The summed E-state index contributed by atoms with van der Waals surface area (Å²) in [7, 11) is 0. The first-order valence-electron chi connectivity index (χ1n) is 4.89. The van der Waals surface area contributed by atoms with Gasteiger partial charge < -0.3 is 16.2 Å². The van der Waals surface area contributed by atoms with Gasteiger partial charge in [-0.15, -0.1) is 0 Å². The van der Waals surface area contributed by atoms with Crippen LogP contribution in [0.15, 0.2) is 18.2 Å². The Balaban J connectivity index is 2.80. The molecule has 0 aliphatic heterocycles. The molecule has 1 aromatic rings. The van der Waals surface area contributed by atoms with Crippen molar-refractivity contribution in [3.63, 3.8) is 0 Å². The highest BCUT2D eigenvalue weighted by Gasteiger charge is 2.17. The molecule has 4 N–H and O–H groups in total. The number of benzene rings is 1. The van der Waals surface area contributed by atoms with Gasteiger partial charge in [0.15, 0.2) is 0 Å². The van der Waals surface area contributed by atoms with Crippen LogP contribution in [0, 0.1) is 0 Å². The number of rotatable bonds is 4. The Hall–Kier alpha value is -0.930. The van der Waals surface area contributed by atoms with Crippen LogP contribution in [0.4, 0.5) is 11.4 Å². The average Bonchev–Trinajstić information content (AvgIpc) is 2.09. The van der Waals surface area contributed by atoms with Crippen LogP contribution in [0.2, 0.25) is 5.02 Å². The maximum Gasteiger partial charge on any atom is 0.0579 e. The van der Waals surface area contributed by atoms with E-state index in [0.717, 1.165) is 5.69 Å². The predicted molar refractivity (Wildman–Crippen MR) is 65.3 cm³/mol. The van der Waals surface area contributed by atoms with E-state index in [9.17, 15) is 0 Å². The van der Waals surface area contributed by atoms with Crippen molar-refractivity contribution in [2.75, 3.05) is 17.7 Å². The number of nitrogens with two attached hydrogens (primary N) is 1. The van der Waals surface area contributed by atoms with Gasteiger partial charge in [-0.1, -0.05) is 11.6 Å². The molecule has 0 saturated heterocycles. The Morgan fingerprint density at radius 3 is 2.67 bits per heavy atom. The Bertz CT molecular complexity index is 339. The summed E-state index contributed by atoms with van der Waals surface area (Å²) >= 11 is 5.80. The summed E-state index contributed by atoms with van der Waals surface area (Å²) in [5.74, 6) is 0. The molecule has 0 heterocycles. The smallest absolute Gasteiger partial charge is 0.0579 e. The number of aliphatic hydroxyl groups is 1. The molecule has 0 fully saturated rings. The van der Waals surface area contributed by atoms with E-state index in [-0.39, 0.29) is 12.1 Å². The third-order valence-corrected chi connectivity index (χ3v) is 2.46. The van der Waals surface area contributed by atoms with Gasteiger partial charge in [-0.25, -0.2) is 0 Å². The van der Waals surface area contributed by atoms with Crippen LogP contribution in [-0.4, -0.2) is 17.3 Å². The van der Waals surface area contributed by atoms with E-state index in [1.807, 2.05) is 19.9 Å². The highest BCUT2D eigenvalue weighted by Crippen LogP contribution is 2.26. The molecular formula is C11H17ClN2O. The predicted octanol–water partition coefficient (Wildman–Crippen LogP) is 2.50. The molecule has 0 aromatic heterocycles. The van der Waals surface area contributed by atoms with Crippen LogP contribution in [-0.2, 0) is 0 Å². The Morgan fingerprint density at radius 2 is 2.13 bits per heavy atom. The van der Waals surface area contributed by atoms with E-state index in [4.69, 9.17) is 22.4 Å². The quantitative estimate of drug-likeness (QED) is 0.694. The molecule has 0 atom stereocenters. The van der Waals surface area contributed by atoms with Crippen molar-refractivity contribution in [2.45, 2.75) is 25.8 Å². The van der Waals surface area contributed by atoms with Crippen molar-refractivity contribution in [2.24, 2.45) is 0 Å². The third-order valence-electron chi connectivity index (χ3n) is 2.22. The number of nitrogen functional groups attached to an aromatic ring is 1. The lowest BCUT2D eigenvalue weighted by atomic mass is 10.0. The van der Waals surface area contributed by atoms with E-state index < -0.39 is 0 Å². The second-order valence-electron chi connectivity index (χ2n) is 4.21. The third kappa shape index (κ3) is 3.61. The van der Waals surface area contributed by atoms with Crippen molar-refractivity contribution in [3.05, 3.63) is 23.2 Å². The summed E-state index contributed by atoms with van der Waals surface area (Å²) in [4.78, 5) is 0. The van der Waals surface area contributed by atoms with Crippen molar-refractivity contribution < 1.29 is 5.11 Å². The summed E-state index contributed by atoms with van der Waals surface area (Å²) in [6.07, 6.45) is 0.662. The SMILES string of the molecule is CC(C)(CCO)Nc1ccc(Cl)cc1N. The number of hydrogen-bond acceptors (Lipinski definition) is 3. The number of halogens is 1. The fourth-order valence-electron chi connectivity index (χ4n) is 1.35. The van der Waals surface area contributed by atoms with Crippen LogP contribution >= 0.6 is 11.6 Å². The van der Waals surface area contributed by atoms with Crippen LogP contribution in [0.5, 0.6) is 0 Å². The van der Waals surface area contributed by atoms with Gasteiger partial charge in [0, 0.05) is 17.2 Å². The molecule has 15 heavy (non-hydrogen) atoms. The van der Waals surface area contributed by atoms with Gasteiger partial charge in [-0.2, -0.15) is 0 Å². The van der Waals surface area contributed by atoms with Crippen LogP contribution < -0.4 is 11.1 Å². The topological polar surface area (TPSA) is 58.3 Å². The molecule has 1 rings (SSSR count). The van der Waals surface area contributed by atoms with Gasteiger partial charge in [-0.3, -0.25) is 0 Å². The minimum absolute atomic E-state index is 0.146. The first-order chi connectivity index (χ1) is 6.94. The van der Waals surface area contributed by atoms with E-state index in [2.05, 4.69) is 5.32 Å². The number of nitrogens with one attached hydrogen (secondary N) is 1. The largest absolute Gasteiger partial charge is 0.397 e. The second-order valence-corrected chi connectivity index (χ2v) is 4.65. The molecule has 84 valence electrons. The molecule has 0 saturated carbocycles. The maximum atomic E-state index is 8.90. The molecule has 0 bridgehead atoms. The van der Waals surface area contributed by atoms with Gasteiger partial charge in [0.2, 0.25) is 0 Å². The lowest BCUT2D eigenvalue weighted by molar-refractivity contribution is 0.261. The molecule has 0 amide bonds. The summed E-state index contributed by atoms with van der Waals surface area (Å²) in [5, 5.41) is 12.8. The number of hydrogen-bond donors (Lipinski definition) is 3. The average molecular weight is 229 g/mol. The maximum absolute atomic E-state index is 8.90. The molecule has 4 heteroatoms. The Morgan fingerprint density at radius 1 is 1.47 bits per heavy atom. The van der Waals surface area contributed by atoms with Crippen LogP contribution in [0.1, 0.15) is 20.3 Å². The standard InChI is InChI=1S/C11H17ClN2O/c1-11(2,5-6-15)14-10-4-3-8(12)7-9(10)13/h3-4,7,14-15H,5-6,13H2,1-2H3. The highest BCUT2D eigenvalue weighted by molar-refractivity contribution is 6.31. The molecule has 0 aliphatic rings. The van der Waals surface area contributed by atoms with Crippen molar-refractivity contribution in [1.82, 2.24) is 0 Å². The molecule has 0 spiro atoms. The summed E-state index contributed by atoms with van der Waals surface area (Å²) in [6, 6.07) is 5.34. The zero-order valence-electron chi connectivity index (χ0n) is 9.05. The van der Waals surface area contributed by atoms with E-state index >= 15 is 0 Å². The minimum Gasteiger partial charge on any atom is -0.397 e. The van der Waals surface area contributed by atoms with Crippen LogP contribution in [0.25, 0.3) is 0 Å². The molecule has 1 aromatic carbocycles. The summed E-state index contributed by atoms with van der Waals surface area (Å²) < 4.78 is 0. The van der Waals surface area contributed by atoms with Crippen molar-refractivity contribution in [1.29, 1.82) is 0 Å². The molecule has 0 unspecified atom stereocenters. The fraction of sp³-hybridized carbons (Fsp3) is 0.455. The van der Waals surface area contributed by atoms with Gasteiger partial charge in [-0.05, 0) is 38.5 Å². The normalized spacial score (nSPS) is 11.5. The first kappa shape index (κ1) is 12.1. The van der Waals surface area contributed by atoms with Crippen LogP contribution in [0.3, 0.4) is 0 Å². The molecule has 3 nitrogen and oxygen atoms in total. The van der Waals surface area contributed by atoms with Crippen molar-refractivity contribution >= 4 is 23.0 Å². The highest BCUT2D eigenvalue weighted by atomic mass is 35.5.